The van der Waals surface area contributed by atoms with Crippen molar-refractivity contribution in [2.24, 2.45) is 0 Å². The van der Waals surface area contributed by atoms with Crippen LogP contribution in [0.25, 0.3) is 10.6 Å². The van der Waals surface area contributed by atoms with E-state index in [1.165, 1.54) is 0 Å². The summed E-state index contributed by atoms with van der Waals surface area (Å²) in [7, 11) is 3.96. The summed E-state index contributed by atoms with van der Waals surface area (Å²) < 4.78 is 3.31. The summed E-state index contributed by atoms with van der Waals surface area (Å²) in [6.07, 6.45) is 2.46. The number of rotatable bonds is 7. The Labute approximate surface area is 185 Å². The van der Waals surface area contributed by atoms with Crippen LogP contribution in [-0.4, -0.2) is 56.8 Å². The summed E-state index contributed by atoms with van der Waals surface area (Å²) in [5.74, 6) is 0.783. The van der Waals surface area contributed by atoms with Gasteiger partial charge in [0.15, 0.2) is 0 Å². The first kappa shape index (κ1) is 21.5. The van der Waals surface area contributed by atoms with Crippen LogP contribution in [0.15, 0.2) is 40.5 Å². The van der Waals surface area contributed by atoms with Crippen molar-refractivity contribution in [1.29, 1.82) is 0 Å². The third-order valence-corrected chi connectivity index (χ3v) is 6.40. The van der Waals surface area contributed by atoms with Gasteiger partial charge >= 0.3 is 5.69 Å². The molecule has 1 aliphatic rings. The zero-order valence-electron chi connectivity index (χ0n) is 18.0. The van der Waals surface area contributed by atoms with E-state index in [9.17, 15) is 9.59 Å². The van der Waals surface area contributed by atoms with Crippen LogP contribution in [0.5, 0.6) is 0 Å². The molecule has 4 rings (SSSR count). The average Bonchev–Trinajstić information content (AvgIpc) is 3.27. The Morgan fingerprint density at radius 1 is 1.26 bits per heavy atom. The fourth-order valence-electron chi connectivity index (χ4n) is 3.76. The van der Waals surface area contributed by atoms with Gasteiger partial charge in [0.25, 0.3) is 0 Å². The number of carbonyl (C=O) groups is 1. The van der Waals surface area contributed by atoms with Crippen LogP contribution < -0.4 is 11.0 Å². The highest BCUT2D eigenvalue weighted by Crippen LogP contribution is 2.23. The molecule has 1 N–H and O–H groups in total. The van der Waals surface area contributed by atoms with E-state index in [1.807, 2.05) is 54.7 Å². The summed E-state index contributed by atoms with van der Waals surface area (Å²) in [4.78, 5) is 31.8. The fraction of sp³-hybridized carbons (Fsp3) is 0.455. The predicted octanol–water partition coefficient (Wildman–Crippen LogP) is 1.79. The number of aryl methyl sites for hydroxylation is 1. The Morgan fingerprint density at radius 2 is 2.06 bits per heavy atom. The first-order chi connectivity index (χ1) is 15.0. The molecule has 8 nitrogen and oxygen atoms in total. The molecule has 3 heterocycles. The van der Waals surface area contributed by atoms with Crippen molar-refractivity contribution in [2.75, 3.05) is 20.6 Å². The number of thiazole rings is 1. The van der Waals surface area contributed by atoms with Crippen molar-refractivity contribution >= 4 is 17.2 Å². The zero-order valence-corrected chi connectivity index (χ0v) is 18.8. The van der Waals surface area contributed by atoms with Gasteiger partial charge in [-0.3, -0.25) is 9.36 Å². The molecule has 1 unspecified atom stereocenters. The van der Waals surface area contributed by atoms with E-state index in [-0.39, 0.29) is 24.1 Å². The van der Waals surface area contributed by atoms with E-state index in [4.69, 9.17) is 0 Å². The fourth-order valence-corrected chi connectivity index (χ4v) is 4.58. The second kappa shape index (κ2) is 9.57. The van der Waals surface area contributed by atoms with Crippen LogP contribution in [-0.2, 0) is 30.7 Å². The van der Waals surface area contributed by atoms with Gasteiger partial charge in [-0.25, -0.2) is 14.5 Å². The third-order valence-electron chi connectivity index (χ3n) is 5.46. The predicted molar refractivity (Wildman–Crippen MR) is 121 cm³/mol. The normalized spacial score (nSPS) is 16.2. The van der Waals surface area contributed by atoms with E-state index in [0.29, 0.717) is 19.5 Å². The number of hydrogen-bond acceptors (Lipinski definition) is 6. The minimum absolute atomic E-state index is 0.0298. The highest BCUT2D eigenvalue weighted by molar-refractivity contribution is 7.13. The van der Waals surface area contributed by atoms with Gasteiger partial charge in [0.1, 0.15) is 10.8 Å². The van der Waals surface area contributed by atoms with Crippen LogP contribution in [0, 0.1) is 0 Å². The maximum atomic E-state index is 12.6. The molecule has 0 radical (unpaired) electrons. The highest BCUT2D eigenvalue weighted by Gasteiger charge is 2.22. The molecule has 0 spiro atoms. The van der Waals surface area contributed by atoms with E-state index in [0.717, 1.165) is 41.5 Å². The number of nitrogens with zero attached hydrogens (tertiary/aromatic N) is 5. The summed E-state index contributed by atoms with van der Waals surface area (Å²) >= 11 is 1.55. The minimum atomic E-state index is -0.0558. The van der Waals surface area contributed by atoms with Gasteiger partial charge in [-0.1, -0.05) is 30.3 Å². The van der Waals surface area contributed by atoms with Crippen molar-refractivity contribution in [1.82, 2.24) is 29.5 Å². The molecular weight excluding hydrogens is 412 g/mol. The van der Waals surface area contributed by atoms with E-state index in [2.05, 4.69) is 15.4 Å². The molecule has 0 saturated heterocycles. The lowest BCUT2D eigenvalue weighted by Gasteiger charge is -2.15. The van der Waals surface area contributed by atoms with Gasteiger partial charge in [0.05, 0.1) is 18.7 Å². The molecule has 1 atom stereocenters. The van der Waals surface area contributed by atoms with Gasteiger partial charge in [0, 0.05) is 36.5 Å². The third kappa shape index (κ3) is 5.29. The van der Waals surface area contributed by atoms with Crippen LogP contribution in [0.2, 0.25) is 0 Å². The Hall–Kier alpha value is -2.78. The Balaban J connectivity index is 1.32. The Morgan fingerprint density at radius 3 is 2.84 bits per heavy atom. The average molecular weight is 441 g/mol. The number of fused-ring (bicyclic) bond motifs is 1. The lowest BCUT2D eigenvalue weighted by atomic mass is 10.1. The summed E-state index contributed by atoms with van der Waals surface area (Å²) in [6, 6.07) is 10.0. The number of nitrogens with one attached hydrogen (secondary N) is 1. The molecule has 0 saturated carbocycles. The Bertz CT molecular complexity index is 1090. The molecule has 1 amide bonds. The first-order valence-corrected chi connectivity index (χ1v) is 11.5. The summed E-state index contributed by atoms with van der Waals surface area (Å²) in [5, 5.41) is 10.5. The van der Waals surface area contributed by atoms with Gasteiger partial charge in [-0.2, -0.15) is 5.10 Å². The molecule has 0 bridgehead atoms. The van der Waals surface area contributed by atoms with Gasteiger partial charge in [0.2, 0.25) is 5.91 Å². The second-order valence-electron chi connectivity index (χ2n) is 8.16. The van der Waals surface area contributed by atoms with Gasteiger partial charge in [-0.15, -0.1) is 11.3 Å². The maximum Gasteiger partial charge on any atom is 0.345 e. The van der Waals surface area contributed by atoms with Gasteiger partial charge in [-0.05, 0) is 26.9 Å². The monoisotopic (exact) mass is 440 g/mol. The van der Waals surface area contributed by atoms with E-state index >= 15 is 0 Å². The second-order valence-corrected chi connectivity index (χ2v) is 9.01. The number of carbonyl (C=O) groups excluding carboxylic acids is 1. The molecule has 164 valence electrons. The highest BCUT2D eigenvalue weighted by atomic mass is 32.1. The molecule has 0 aliphatic carbocycles. The standard InChI is InChI=1S/C22H28N6O2S/c1-26(2)12-13-28-22(30)27-11-10-17(8-9-19(27)25-28)23-20(29)14-18-15-31-21(24-18)16-6-4-3-5-7-16/h3-7,15,17H,8-14H2,1-2H3,(H,23,29). The molecule has 3 aromatic rings. The largest absolute Gasteiger partial charge is 0.353 e. The number of amides is 1. The Kier molecular flexibility index (Phi) is 6.62. The molecular formula is C22H28N6O2S. The molecule has 1 aliphatic heterocycles. The van der Waals surface area contributed by atoms with Crippen LogP contribution in [0.4, 0.5) is 0 Å². The molecule has 1 aromatic carbocycles. The SMILES string of the molecule is CN(C)CCn1nc2n(c1=O)CCC(NC(=O)Cc1csc(-c3ccccc3)n1)CC2. The van der Waals surface area contributed by atoms with E-state index in [1.54, 1.807) is 20.6 Å². The minimum Gasteiger partial charge on any atom is -0.353 e. The quantitative estimate of drug-likeness (QED) is 0.606. The topological polar surface area (TPSA) is 85.0 Å². The smallest absolute Gasteiger partial charge is 0.345 e. The maximum absolute atomic E-state index is 12.6. The van der Waals surface area contributed by atoms with Crippen molar-refractivity contribution < 1.29 is 4.79 Å². The van der Waals surface area contributed by atoms with Crippen LogP contribution in [0.1, 0.15) is 24.4 Å². The van der Waals surface area contributed by atoms with E-state index < -0.39 is 0 Å². The first-order valence-electron chi connectivity index (χ1n) is 10.6. The number of benzene rings is 1. The summed E-state index contributed by atoms with van der Waals surface area (Å²) in [6.45, 7) is 1.94. The number of likely N-dealkylation sites (N-methyl/N-ethyl adjacent to an activating group) is 1. The number of aromatic nitrogens is 4. The molecule has 9 heteroatoms. The van der Waals surface area contributed by atoms with Crippen LogP contribution >= 0.6 is 11.3 Å². The van der Waals surface area contributed by atoms with Crippen molar-refractivity contribution in [3.63, 3.8) is 0 Å². The lowest BCUT2D eigenvalue weighted by molar-refractivity contribution is -0.121. The van der Waals surface area contributed by atoms with Crippen molar-refractivity contribution in [3.8, 4) is 10.6 Å². The van der Waals surface area contributed by atoms with Crippen LogP contribution in [0.3, 0.4) is 0 Å². The molecule has 31 heavy (non-hydrogen) atoms. The molecule has 2 aromatic heterocycles. The summed E-state index contributed by atoms with van der Waals surface area (Å²) in [5.41, 5.74) is 1.79. The molecule has 0 fully saturated rings. The number of hydrogen-bond donors (Lipinski definition) is 1. The lowest BCUT2D eigenvalue weighted by Crippen LogP contribution is -2.37. The van der Waals surface area contributed by atoms with Gasteiger partial charge < -0.3 is 10.2 Å². The van der Waals surface area contributed by atoms with Crippen molar-refractivity contribution in [2.45, 2.75) is 44.8 Å². The van der Waals surface area contributed by atoms with Crippen molar-refractivity contribution in [3.05, 3.63) is 57.7 Å². The zero-order chi connectivity index (χ0) is 21.8.